The van der Waals surface area contributed by atoms with Crippen molar-refractivity contribution < 1.29 is 14.0 Å². The van der Waals surface area contributed by atoms with Crippen LogP contribution in [0.3, 0.4) is 0 Å². The van der Waals surface area contributed by atoms with Gasteiger partial charge in [-0.05, 0) is 19.9 Å². The summed E-state index contributed by atoms with van der Waals surface area (Å²) < 4.78 is 13.1. The molecule has 98 valence electrons. The lowest BCUT2D eigenvalue weighted by Crippen LogP contribution is -2.42. The first-order chi connectivity index (χ1) is 8.32. The van der Waals surface area contributed by atoms with Crippen molar-refractivity contribution in [3.8, 4) is 0 Å². The molecular weight excluding hydrogens is 261 g/mol. The number of carbonyl (C=O) groups excluding carboxylic acids is 2. The Morgan fingerprint density at radius 3 is 2.67 bits per heavy atom. The van der Waals surface area contributed by atoms with Crippen LogP contribution in [0.2, 0.25) is 5.15 Å². The molecule has 0 saturated carbocycles. The van der Waals surface area contributed by atoms with Gasteiger partial charge in [-0.25, -0.2) is 9.37 Å². The number of carbonyl (C=O) groups is 2. The fourth-order valence-corrected chi connectivity index (χ4v) is 1.57. The normalized spacial score (nSPS) is 10.5. The van der Waals surface area contributed by atoms with E-state index in [2.05, 4.69) is 4.98 Å². The second-order valence-electron chi connectivity index (χ2n) is 3.99. The van der Waals surface area contributed by atoms with Crippen molar-refractivity contribution in [3.05, 3.63) is 28.8 Å². The van der Waals surface area contributed by atoms with Gasteiger partial charge >= 0.3 is 0 Å². The Balaban J connectivity index is 3.09. The number of pyridine rings is 1. The standard InChI is InChI=1S/C11H13ClFN3O2/c1-6(2)16(5-9(14)17)11(18)8-3-7(13)4-15-10(8)12/h3-4,6H,5H2,1-2H3,(H2,14,17). The minimum Gasteiger partial charge on any atom is -0.368 e. The van der Waals surface area contributed by atoms with Crippen LogP contribution in [0.5, 0.6) is 0 Å². The zero-order chi connectivity index (χ0) is 13.9. The van der Waals surface area contributed by atoms with Gasteiger partial charge in [0.1, 0.15) is 11.0 Å². The molecule has 0 bridgehead atoms. The van der Waals surface area contributed by atoms with E-state index < -0.39 is 17.6 Å². The van der Waals surface area contributed by atoms with Gasteiger partial charge in [0.25, 0.3) is 5.91 Å². The topological polar surface area (TPSA) is 76.3 Å². The summed E-state index contributed by atoms with van der Waals surface area (Å²) in [5.74, 6) is -1.91. The largest absolute Gasteiger partial charge is 0.368 e. The smallest absolute Gasteiger partial charge is 0.257 e. The van der Waals surface area contributed by atoms with Crippen molar-refractivity contribution in [2.24, 2.45) is 5.73 Å². The lowest BCUT2D eigenvalue weighted by atomic mass is 10.2. The molecule has 0 unspecified atom stereocenters. The molecule has 0 aliphatic carbocycles. The molecule has 1 rings (SSSR count). The van der Waals surface area contributed by atoms with E-state index in [1.54, 1.807) is 13.8 Å². The van der Waals surface area contributed by atoms with E-state index in [1.807, 2.05) is 0 Å². The molecule has 1 aromatic heterocycles. The molecule has 7 heteroatoms. The van der Waals surface area contributed by atoms with E-state index in [9.17, 15) is 14.0 Å². The zero-order valence-corrected chi connectivity index (χ0v) is 10.7. The van der Waals surface area contributed by atoms with Gasteiger partial charge in [-0.1, -0.05) is 11.6 Å². The second-order valence-corrected chi connectivity index (χ2v) is 4.34. The van der Waals surface area contributed by atoms with Gasteiger partial charge < -0.3 is 10.6 Å². The van der Waals surface area contributed by atoms with Crippen molar-refractivity contribution in [2.45, 2.75) is 19.9 Å². The molecule has 1 heterocycles. The Morgan fingerprint density at radius 1 is 1.56 bits per heavy atom. The second kappa shape index (κ2) is 5.77. The summed E-state index contributed by atoms with van der Waals surface area (Å²) >= 11 is 5.73. The minimum atomic E-state index is -0.675. The van der Waals surface area contributed by atoms with Crippen LogP contribution in [0, 0.1) is 5.82 Å². The lowest BCUT2D eigenvalue weighted by Gasteiger charge is -2.25. The minimum absolute atomic E-state index is 0.0911. The third-order valence-corrected chi connectivity index (χ3v) is 2.55. The van der Waals surface area contributed by atoms with Crippen molar-refractivity contribution >= 4 is 23.4 Å². The summed E-state index contributed by atoms with van der Waals surface area (Å²) in [4.78, 5) is 27.8. The van der Waals surface area contributed by atoms with Crippen LogP contribution in [0.1, 0.15) is 24.2 Å². The number of primary amides is 1. The molecule has 0 atom stereocenters. The van der Waals surface area contributed by atoms with Crippen LogP contribution < -0.4 is 5.73 Å². The first kappa shape index (κ1) is 14.4. The molecule has 0 aliphatic rings. The van der Waals surface area contributed by atoms with E-state index in [-0.39, 0.29) is 23.3 Å². The predicted octanol–water partition coefficient (Wildman–Crippen LogP) is 1.21. The van der Waals surface area contributed by atoms with Crippen LogP contribution in [-0.2, 0) is 4.79 Å². The molecule has 2 N–H and O–H groups in total. The van der Waals surface area contributed by atoms with Crippen LogP contribution >= 0.6 is 11.6 Å². The summed E-state index contributed by atoms with van der Waals surface area (Å²) in [5, 5.41) is -0.114. The number of aromatic nitrogens is 1. The fourth-order valence-electron chi connectivity index (χ4n) is 1.38. The molecule has 0 aromatic carbocycles. The molecule has 0 radical (unpaired) electrons. The van der Waals surface area contributed by atoms with Crippen LogP contribution in [0.25, 0.3) is 0 Å². The summed E-state index contributed by atoms with van der Waals surface area (Å²) in [6.07, 6.45) is 0.910. The molecule has 0 aliphatic heterocycles. The van der Waals surface area contributed by atoms with Gasteiger partial charge in [0.15, 0.2) is 0 Å². The first-order valence-electron chi connectivity index (χ1n) is 5.23. The maximum atomic E-state index is 13.1. The van der Waals surface area contributed by atoms with Crippen LogP contribution in [-0.4, -0.2) is 34.3 Å². The lowest BCUT2D eigenvalue weighted by molar-refractivity contribution is -0.119. The Kier molecular flexibility index (Phi) is 4.61. The van der Waals surface area contributed by atoms with Crippen molar-refractivity contribution in [1.29, 1.82) is 0 Å². The van der Waals surface area contributed by atoms with Gasteiger partial charge in [-0.3, -0.25) is 9.59 Å². The van der Waals surface area contributed by atoms with Crippen LogP contribution in [0.15, 0.2) is 12.3 Å². The summed E-state index contributed by atoms with van der Waals surface area (Å²) in [6.45, 7) is 3.16. The SMILES string of the molecule is CC(C)N(CC(N)=O)C(=O)c1cc(F)cnc1Cl. The maximum Gasteiger partial charge on any atom is 0.257 e. The number of nitrogens with zero attached hydrogens (tertiary/aromatic N) is 2. The van der Waals surface area contributed by atoms with E-state index in [1.165, 1.54) is 4.90 Å². The summed E-state index contributed by atoms with van der Waals surface area (Å²) in [7, 11) is 0. The zero-order valence-electron chi connectivity index (χ0n) is 9.98. The molecule has 0 spiro atoms. The summed E-state index contributed by atoms with van der Waals surface area (Å²) in [6, 6.07) is 0.706. The molecule has 5 nitrogen and oxygen atoms in total. The van der Waals surface area contributed by atoms with Crippen molar-refractivity contribution in [2.75, 3.05) is 6.54 Å². The monoisotopic (exact) mass is 273 g/mol. The van der Waals surface area contributed by atoms with Crippen molar-refractivity contribution in [1.82, 2.24) is 9.88 Å². The Morgan fingerprint density at radius 2 is 2.17 bits per heavy atom. The molecule has 1 aromatic rings. The maximum absolute atomic E-state index is 13.1. The number of amides is 2. The van der Waals surface area contributed by atoms with Gasteiger partial charge in [-0.2, -0.15) is 0 Å². The van der Waals surface area contributed by atoms with Gasteiger partial charge in [0.05, 0.1) is 18.3 Å². The third kappa shape index (κ3) is 3.40. The highest BCUT2D eigenvalue weighted by Gasteiger charge is 2.23. The number of nitrogens with two attached hydrogens (primary N) is 1. The molecule has 18 heavy (non-hydrogen) atoms. The Labute approximate surface area is 109 Å². The molecule has 2 amide bonds. The molecule has 0 saturated heterocycles. The van der Waals surface area contributed by atoms with Gasteiger partial charge in [0, 0.05) is 6.04 Å². The van der Waals surface area contributed by atoms with E-state index in [0.717, 1.165) is 12.3 Å². The third-order valence-electron chi connectivity index (χ3n) is 2.25. The van der Waals surface area contributed by atoms with Crippen molar-refractivity contribution in [3.63, 3.8) is 0 Å². The Bertz CT molecular complexity index is 479. The summed E-state index contributed by atoms with van der Waals surface area (Å²) in [5.41, 5.74) is 4.97. The quantitative estimate of drug-likeness (QED) is 0.838. The first-order valence-corrected chi connectivity index (χ1v) is 5.61. The number of halogens is 2. The van der Waals surface area contributed by atoms with Gasteiger partial charge in [-0.15, -0.1) is 0 Å². The molecular formula is C11H13ClFN3O2. The average molecular weight is 274 g/mol. The Hall–Kier alpha value is -1.69. The van der Waals surface area contributed by atoms with Gasteiger partial charge in [0.2, 0.25) is 5.91 Å². The number of hydrogen-bond acceptors (Lipinski definition) is 3. The predicted molar refractivity (Wildman–Crippen MR) is 64.6 cm³/mol. The fraction of sp³-hybridized carbons (Fsp3) is 0.364. The van der Waals surface area contributed by atoms with E-state index >= 15 is 0 Å². The number of rotatable bonds is 4. The highest BCUT2D eigenvalue weighted by Crippen LogP contribution is 2.17. The van der Waals surface area contributed by atoms with Crippen LogP contribution in [0.4, 0.5) is 4.39 Å². The average Bonchev–Trinajstić information content (AvgIpc) is 2.27. The number of hydrogen-bond donors (Lipinski definition) is 1. The van der Waals surface area contributed by atoms with E-state index in [0.29, 0.717) is 0 Å². The highest BCUT2D eigenvalue weighted by molar-refractivity contribution is 6.32. The van der Waals surface area contributed by atoms with E-state index in [4.69, 9.17) is 17.3 Å². The molecule has 0 fully saturated rings. The highest BCUT2D eigenvalue weighted by atomic mass is 35.5.